The van der Waals surface area contributed by atoms with Crippen molar-refractivity contribution < 1.29 is 19.4 Å². The number of allylic oxidation sites excluding steroid dienone is 1. The third-order valence-corrected chi connectivity index (χ3v) is 4.23. The van der Waals surface area contributed by atoms with Crippen LogP contribution in [-0.2, 0) is 4.79 Å². The number of nitrogens with zero attached hydrogens (tertiary/aromatic N) is 1. The van der Waals surface area contributed by atoms with Crippen molar-refractivity contribution in [1.29, 1.82) is 5.26 Å². The van der Waals surface area contributed by atoms with Gasteiger partial charge in [0, 0.05) is 9.50 Å². The van der Waals surface area contributed by atoms with E-state index >= 15 is 0 Å². The minimum absolute atomic E-state index is 0.309. The fourth-order valence-electron chi connectivity index (χ4n) is 2.15. The van der Waals surface area contributed by atoms with Gasteiger partial charge in [0.1, 0.15) is 0 Å². The molecule has 0 saturated carbocycles. The smallest absolute Gasteiger partial charge is 0.341 e. The van der Waals surface area contributed by atoms with E-state index in [4.69, 9.17) is 26.2 Å². The molecule has 1 N–H and O–H groups in total. The highest BCUT2D eigenvalue weighted by molar-refractivity contribution is 9.10. The van der Waals surface area contributed by atoms with E-state index in [1.165, 1.54) is 0 Å². The van der Waals surface area contributed by atoms with Gasteiger partial charge in [0.15, 0.2) is 18.1 Å². The fourth-order valence-corrected chi connectivity index (χ4v) is 2.71. The van der Waals surface area contributed by atoms with E-state index in [1.807, 2.05) is 6.92 Å². The quantitative estimate of drug-likeness (QED) is 0.486. The van der Waals surface area contributed by atoms with Crippen LogP contribution in [0, 0.1) is 11.3 Å². The van der Waals surface area contributed by atoms with Crippen LogP contribution in [0.3, 0.4) is 0 Å². The lowest BCUT2D eigenvalue weighted by Crippen LogP contribution is -2.10. The molecular formula is C19H15BrClNO4. The zero-order valence-corrected chi connectivity index (χ0v) is 16.2. The van der Waals surface area contributed by atoms with Crippen LogP contribution in [0.15, 0.2) is 40.9 Å². The molecule has 2 aromatic rings. The minimum atomic E-state index is -1.08. The normalized spacial score (nSPS) is 10.9. The Bertz CT molecular complexity index is 872. The third kappa shape index (κ3) is 5.25. The van der Waals surface area contributed by atoms with Gasteiger partial charge in [-0.05, 0) is 48.4 Å². The maximum atomic E-state index is 10.7. The lowest BCUT2D eigenvalue weighted by atomic mass is 10.0. The van der Waals surface area contributed by atoms with Gasteiger partial charge in [-0.15, -0.1) is 0 Å². The van der Waals surface area contributed by atoms with Crippen molar-refractivity contribution in [2.24, 2.45) is 0 Å². The monoisotopic (exact) mass is 435 g/mol. The van der Waals surface area contributed by atoms with Crippen molar-refractivity contribution in [2.45, 2.75) is 6.92 Å². The van der Waals surface area contributed by atoms with E-state index in [-0.39, 0.29) is 0 Å². The number of benzene rings is 2. The summed E-state index contributed by atoms with van der Waals surface area (Å²) in [6.07, 6.45) is 1.71. The first-order chi connectivity index (χ1) is 12.4. The summed E-state index contributed by atoms with van der Waals surface area (Å²) in [4.78, 5) is 10.7. The average molecular weight is 437 g/mol. The predicted octanol–water partition coefficient (Wildman–Crippen LogP) is 5.03. The number of hydrogen-bond acceptors (Lipinski definition) is 4. The Morgan fingerprint density at radius 1 is 1.27 bits per heavy atom. The molecular weight excluding hydrogens is 422 g/mol. The molecule has 7 heteroatoms. The van der Waals surface area contributed by atoms with Gasteiger partial charge in [-0.25, -0.2) is 4.79 Å². The van der Waals surface area contributed by atoms with Crippen molar-refractivity contribution in [3.63, 3.8) is 0 Å². The molecule has 0 bridgehead atoms. The van der Waals surface area contributed by atoms with E-state index in [1.54, 1.807) is 42.5 Å². The molecule has 0 aliphatic rings. The van der Waals surface area contributed by atoms with Crippen molar-refractivity contribution in [3.05, 3.63) is 57.0 Å². The maximum absolute atomic E-state index is 10.7. The fraction of sp³-hybridized carbons (Fsp3) is 0.158. The van der Waals surface area contributed by atoms with Crippen LogP contribution in [0.4, 0.5) is 0 Å². The lowest BCUT2D eigenvalue weighted by Gasteiger charge is -2.13. The SMILES string of the molecule is CCOc1cc(C=C(C#N)c2ccc(Cl)cc2)c(Br)cc1OCC(=O)O. The van der Waals surface area contributed by atoms with Gasteiger partial charge in [-0.1, -0.05) is 39.7 Å². The van der Waals surface area contributed by atoms with Crippen molar-refractivity contribution in [2.75, 3.05) is 13.2 Å². The van der Waals surface area contributed by atoms with Crippen LogP contribution < -0.4 is 9.47 Å². The summed E-state index contributed by atoms with van der Waals surface area (Å²) >= 11 is 9.31. The highest BCUT2D eigenvalue weighted by atomic mass is 79.9. The Hall–Kier alpha value is -2.49. The van der Waals surface area contributed by atoms with E-state index in [2.05, 4.69) is 22.0 Å². The Kier molecular flexibility index (Phi) is 7.07. The number of aliphatic carboxylic acids is 1. The molecule has 134 valence electrons. The molecule has 5 nitrogen and oxygen atoms in total. The van der Waals surface area contributed by atoms with Crippen molar-refractivity contribution in [3.8, 4) is 17.6 Å². The number of carboxylic acid groups (broad SMARTS) is 1. The zero-order chi connectivity index (χ0) is 19.1. The molecule has 0 heterocycles. The Morgan fingerprint density at radius 3 is 2.50 bits per heavy atom. The Balaban J connectivity index is 2.44. The van der Waals surface area contributed by atoms with Crippen LogP contribution >= 0.6 is 27.5 Å². The highest BCUT2D eigenvalue weighted by Gasteiger charge is 2.12. The summed E-state index contributed by atoms with van der Waals surface area (Å²) in [5.41, 5.74) is 1.87. The highest BCUT2D eigenvalue weighted by Crippen LogP contribution is 2.35. The molecule has 0 amide bonds. The molecule has 0 aromatic heterocycles. The molecule has 2 rings (SSSR count). The number of carboxylic acids is 1. The van der Waals surface area contributed by atoms with Gasteiger partial charge < -0.3 is 14.6 Å². The Morgan fingerprint density at radius 2 is 1.92 bits per heavy atom. The van der Waals surface area contributed by atoms with Crippen molar-refractivity contribution >= 4 is 45.1 Å². The Labute approximate surface area is 164 Å². The number of rotatable bonds is 7. The largest absolute Gasteiger partial charge is 0.490 e. The zero-order valence-electron chi connectivity index (χ0n) is 13.8. The summed E-state index contributed by atoms with van der Waals surface area (Å²) in [6, 6.07) is 12.4. The number of nitriles is 1. The van der Waals surface area contributed by atoms with E-state index in [0.717, 1.165) is 5.56 Å². The third-order valence-electron chi connectivity index (χ3n) is 3.29. The predicted molar refractivity (Wildman–Crippen MR) is 103 cm³/mol. The molecule has 0 unspecified atom stereocenters. The first-order valence-electron chi connectivity index (χ1n) is 7.63. The molecule has 2 aromatic carbocycles. The van der Waals surface area contributed by atoms with Crippen LogP contribution in [0.5, 0.6) is 11.5 Å². The topological polar surface area (TPSA) is 79.5 Å². The van der Waals surface area contributed by atoms with E-state index in [9.17, 15) is 10.1 Å². The number of carbonyl (C=O) groups is 1. The summed E-state index contributed by atoms with van der Waals surface area (Å²) in [6.45, 7) is 1.72. The van der Waals surface area contributed by atoms with Crippen LogP contribution in [0.1, 0.15) is 18.1 Å². The van der Waals surface area contributed by atoms with Crippen LogP contribution in [0.2, 0.25) is 5.02 Å². The second kappa shape index (κ2) is 9.27. The van der Waals surface area contributed by atoms with Gasteiger partial charge in [-0.2, -0.15) is 5.26 Å². The second-order valence-corrected chi connectivity index (χ2v) is 6.40. The first kappa shape index (κ1) is 19.8. The molecule has 0 saturated heterocycles. The summed E-state index contributed by atoms with van der Waals surface area (Å²) in [5.74, 6) is -0.373. The summed E-state index contributed by atoms with van der Waals surface area (Å²) < 4.78 is 11.4. The second-order valence-electron chi connectivity index (χ2n) is 5.11. The molecule has 0 aliphatic heterocycles. The van der Waals surface area contributed by atoms with E-state index < -0.39 is 12.6 Å². The van der Waals surface area contributed by atoms with Crippen LogP contribution in [-0.4, -0.2) is 24.3 Å². The van der Waals surface area contributed by atoms with Crippen molar-refractivity contribution in [1.82, 2.24) is 0 Å². The molecule has 26 heavy (non-hydrogen) atoms. The standard InChI is InChI=1S/C19H15BrClNO4/c1-2-25-17-8-13(16(20)9-18(17)26-11-19(23)24)7-14(10-22)12-3-5-15(21)6-4-12/h3-9H,2,11H2,1H3,(H,23,24). The molecule has 0 aliphatic carbocycles. The molecule has 0 radical (unpaired) electrons. The number of ether oxygens (including phenoxy) is 2. The van der Waals surface area contributed by atoms with Gasteiger partial charge in [0.05, 0.1) is 18.2 Å². The molecule has 0 spiro atoms. The maximum Gasteiger partial charge on any atom is 0.341 e. The van der Waals surface area contributed by atoms with Crippen LogP contribution in [0.25, 0.3) is 11.6 Å². The first-order valence-corrected chi connectivity index (χ1v) is 8.80. The summed E-state index contributed by atoms with van der Waals surface area (Å²) in [7, 11) is 0. The molecule has 0 atom stereocenters. The average Bonchev–Trinajstić information content (AvgIpc) is 2.61. The summed E-state index contributed by atoms with van der Waals surface area (Å²) in [5, 5.41) is 18.9. The number of halogens is 2. The van der Waals surface area contributed by atoms with Gasteiger partial charge >= 0.3 is 5.97 Å². The van der Waals surface area contributed by atoms with Gasteiger partial charge in [0.25, 0.3) is 0 Å². The lowest BCUT2D eigenvalue weighted by molar-refractivity contribution is -0.139. The molecule has 0 fully saturated rings. The van der Waals surface area contributed by atoms with Gasteiger partial charge in [0.2, 0.25) is 0 Å². The number of hydrogen-bond donors (Lipinski definition) is 1. The van der Waals surface area contributed by atoms with Gasteiger partial charge in [-0.3, -0.25) is 0 Å². The minimum Gasteiger partial charge on any atom is -0.490 e. The van der Waals surface area contributed by atoms with E-state index in [0.29, 0.717) is 38.7 Å².